The number of nitrogens with zero attached hydrogens (tertiary/aromatic N) is 2. The van der Waals surface area contributed by atoms with Gasteiger partial charge in [0.25, 0.3) is 0 Å². The molecule has 0 aliphatic heterocycles. The standard InChI is InChI=1S/C10H11N3O3/c1-3-5-11-9(14)7(2)13-6-4-8(12-13)10(15)16/h1,4,6-7H,5H2,2H3,(H,11,14)(H,15,16). The summed E-state index contributed by atoms with van der Waals surface area (Å²) < 4.78 is 1.27. The highest BCUT2D eigenvalue weighted by molar-refractivity contribution is 5.85. The number of terminal acetylenes is 1. The van der Waals surface area contributed by atoms with Gasteiger partial charge in [0.15, 0.2) is 5.69 Å². The number of carbonyl (C=O) groups excluding carboxylic acids is 1. The lowest BCUT2D eigenvalue weighted by Crippen LogP contribution is -2.31. The van der Waals surface area contributed by atoms with Gasteiger partial charge in [0.05, 0.1) is 6.54 Å². The zero-order valence-corrected chi connectivity index (χ0v) is 8.67. The zero-order chi connectivity index (χ0) is 12.1. The molecular formula is C10H11N3O3. The highest BCUT2D eigenvalue weighted by Gasteiger charge is 2.16. The lowest BCUT2D eigenvalue weighted by molar-refractivity contribution is -0.123. The predicted molar refractivity (Wildman–Crippen MR) is 55.7 cm³/mol. The van der Waals surface area contributed by atoms with Gasteiger partial charge < -0.3 is 10.4 Å². The van der Waals surface area contributed by atoms with Gasteiger partial charge in [-0.1, -0.05) is 5.92 Å². The summed E-state index contributed by atoms with van der Waals surface area (Å²) in [5.41, 5.74) is -0.100. The molecule has 1 amide bonds. The molecule has 0 spiro atoms. The smallest absolute Gasteiger partial charge is 0.356 e. The van der Waals surface area contributed by atoms with Gasteiger partial charge in [-0.05, 0) is 13.0 Å². The van der Waals surface area contributed by atoms with Gasteiger partial charge in [-0.3, -0.25) is 9.48 Å². The molecule has 1 heterocycles. The summed E-state index contributed by atoms with van der Waals surface area (Å²) in [6.07, 6.45) is 6.43. The summed E-state index contributed by atoms with van der Waals surface area (Å²) in [4.78, 5) is 22.0. The van der Waals surface area contributed by atoms with Crippen molar-refractivity contribution in [2.24, 2.45) is 0 Å². The Morgan fingerprint density at radius 2 is 2.44 bits per heavy atom. The Morgan fingerprint density at radius 3 is 2.94 bits per heavy atom. The lowest BCUT2D eigenvalue weighted by atomic mass is 10.3. The van der Waals surface area contributed by atoms with Crippen molar-refractivity contribution >= 4 is 11.9 Å². The van der Waals surface area contributed by atoms with Crippen LogP contribution in [0.2, 0.25) is 0 Å². The molecule has 6 heteroatoms. The molecular weight excluding hydrogens is 210 g/mol. The third-order valence-corrected chi connectivity index (χ3v) is 1.97. The number of aromatic carboxylic acids is 1. The van der Waals surface area contributed by atoms with Crippen molar-refractivity contribution in [3.8, 4) is 12.3 Å². The molecule has 1 unspecified atom stereocenters. The fourth-order valence-corrected chi connectivity index (χ4v) is 1.07. The average molecular weight is 221 g/mol. The Labute approximate surface area is 92.3 Å². The zero-order valence-electron chi connectivity index (χ0n) is 8.67. The van der Waals surface area contributed by atoms with Gasteiger partial charge in [-0.2, -0.15) is 5.10 Å². The number of carbonyl (C=O) groups is 2. The number of nitrogens with one attached hydrogen (secondary N) is 1. The van der Waals surface area contributed by atoms with Crippen molar-refractivity contribution < 1.29 is 14.7 Å². The van der Waals surface area contributed by atoms with E-state index in [4.69, 9.17) is 11.5 Å². The summed E-state index contributed by atoms with van der Waals surface area (Å²) in [6, 6.07) is 0.731. The normalized spacial score (nSPS) is 11.5. The molecule has 0 aromatic carbocycles. The molecule has 0 saturated carbocycles. The second-order valence-corrected chi connectivity index (χ2v) is 3.08. The van der Waals surface area contributed by atoms with Crippen LogP contribution in [0, 0.1) is 12.3 Å². The van der Waals surface area contributed by atoms with E-state index in [0.717, 1.165) is 0 Å². The number of amides is 1. The first-order valence-corrected chi connectivity index (χ1v) is 4.56. The molecule has 6 nitrogen and oxygen atoms in total. The molecule has 1 aromatic heterocycles. The molecule has 84 valence electrons. The molecule has 0 aliphatic rings. The Bertz CT molecular complexity index is 444. The number of aromatic nitrogens is 2. The first-order chi connectivity index (χ1) is 7.56. The van der Waals surface area contributed by atoms with Crippen LogP contribution in [-0.4, -0.2) is 33.3 Å². The van der Waals surface area contributed by atoms with E-state index in [1.54, 1.807) is 6.92 Å². The van der Waals surface area contributed by atoms with E-state index in [0.29, 0.717) is 0 Å². The summed E-state index contributed by atoms with van der Waals surface area (Å²) in [5, 5.41) is 14.9. The van der Waals surface area contributed by atoms with Crippen molar-refractivity contribution in [3.05, 3.63) is 18.0 Å². The summed E-state index contributed by atoms with van der Waals surface area (Å²) in [6.45, 7) is 1.74. The fraction of sp³-hybridized carbons (Fsp3) is 0.300. The van der Waals surface area contributed by atoms with Crippen molar-refractivity contribution in [2.75, 3.05) is 6.54 Å². The van der Waals surface area contributed by atoms with E-state index in [1.807, 2.05) is 0 Å². The van der Waals surface area contributed by atoms with Crippen LogP contribution in [0.25, 0.3) is 0 Å². The molecule has 0 saturated heterocycles. The quantitative estimate of drug-likeness (QED) is 0.695. The first kappa shape index (κ1) is 11.8. The molecule has 0 radical (unpaired) electrons. The van der Waals surface area contributed by atoms with Crippen molar-refractivity contribution in [1.29, 1.82) is 0 Å². The SMILES string of the molecule is C#CCNC(=O)C(C)n1ccc(C(=O)O)n1. The van der Waals surface area contributed by atoms with Crippen LogP contribution in [0.4, 0.5) is 0 Å². The van der Waals surface area contributed by atoms with E-state index in [1.165, 1.54) is 16.9 Å². The van der Waals surface area contributed by atoms with E-state index >= 15 is 0 Å². The number of hydrogen-bond donors (Lipinski definition) is 2. The molecule has 1 atom stereocenters. The van der Waals surface area contributed by atoms with Crippen LogP contribution in [0.15, 0.2) is 12.3 Å². The summed E-state index contributed by atoms with van der Waals surface area (Å²) in [7, 11) is 0. The highest BCUT2D eigenvalue weighted by atomic mass is 16.4. The van der Waals surface area contributed by atoms with E-state index in [2.05, 4.69) is 16.3 Å². The summed E-state index contributed by atoms with van der Waals surface area (Å²) in [5.74, 6) is 0.836. The number of rotatable bonds is 4. The predicted octanol–water partition coefficient (Wildman–Crippen LogP) is -0.108. The van der Waals surface area contributed by atoms with Gasteiger partial charge in [-0.25, -0.2) is 4.79 Å². The number of hydrogen-bond acceptors (Lipinski definition) is 3. The largest absolute Gasteiger partial charge is 0.476 e. The lowest BCUT2D eigenvalue weighted by Gasteiger charge is -2.10. The van der Waals surface area contributed by atoms with Crippen molar-refractivity contribution in [3.63, 3.8) is 0 Å². The molecule has 0 fully saturated rings. The Balaban J connectivity index is 2.73. The topological polar surface area (TPSA) is 84.2 Å². The fourth-order valence-electron chi connectivity index (χ4n) is 1.07. The third-order valence-electron chi connectivity index (χ3n) is 1.97. The first-order valence-electron chi connectivity index (χ1n) is 4.56. The molecule has 0 bridgehead atoms. The Morgan fingerprint density at radius 1 is 1.75 bits per heavy atom. The van der Waals surface area contributed by atoms with E-state index in [9.17, 15) is 9.59 Å². The average Bonchev–Trinajstić information content (AvgIpc) is 2.74. The van der Waals surface area contributed by atoms with Crippen LogP contribution in [0.5, 0.6) is 0 Å². The van der Waals surface area contributed by atoms with Crippen LogP contribution >= 0.6 is 0 Å². The van der Waals surface area contributed by atoms with Gasteiger partial charge >= 0.3 is 5.97 Å². The molecule has 16 heavy (non-hydrogen) atoms. The van der Waals surface area contributed by atoms with Gasteiger partial charge in [0, 0.05) is 6.20 Å². The molecule has 2 N–H and O–H groups in total. The van der Waals surface area contributed by atoms with Crippen molar-refractivity contribution in [1.82, 2.24) is 15.1 Å². The maximum Gasteiger partial charge on any atom is 0.356 e. The maximum atomic E-state index is 11.5. The van der Waals surface area contributed by atoms with Crippen molar-refractivity contribution in [2.45, 2.75) is 13.0 Å². The van der Waals surface area contributed by atoms with Gasteiger partial charge in [0.1, 0.15) is 6.04 Å². The van der Waals surface area contributed by atoms with Gasteiger partial charge in [-0.15, -0.1) is 6.42 Å². The monoisotopic (exact) mass is 221 g/mol. The van der Waals surface area contributed by atoms with Crippen LogP contribution in [0.1, 0.15) is 23.5 Å². The van der Waals surface area contributed by atoms with Crippen LogP contribution in [0.3, 0.4) is 0 Å². The highest BCUT2D eigenvalue weighted by Crippen LogP contribution is 2.05. The number of carboxylic acids is 1. The number of carboxylic acid groups (broad SMARTS) is 1. The summed E-state index contributed by atoms with van der Waals surface area (Å²) >= 11 is 0. The van der Waals surface area contributed by atoms with Crippen LogP contribution < -0.4 is 5.32 Å². The molecule has 0 aliphatic carbocycles. The van der Waals surface area contributed by atoms with Gasteiger partial charge in [0.2, 0.25) is 5.91 Å². The van der Waals surface area contributed by atoms with E-state index < -0.39 is 12.0 Å². The molecule has 1 aromatic rings. The minimum absolute atomic E-state index is 0.100. The third kappa shape index (κ3) is 2.60. The minimum atomic E-state index is -1.13. The van der Waals surface area contributed by atoms with E-state index in [-0.39, 0.29) is 18.1 Å². The second kappa shape index (κ2) is 4.98. The Kier molecular flexibility index (Phi) is 3.67. The van der Waals surface area contributed by atoms with Crippen LogP contribution in [-0.2, 0) is 4.79 Å². The second-order valence-electron chi connectivity index (χ2n) is 3.08. The maximum absolute atomic E-state index is 11.5. The minimum Gasteiger partial charge on any atom is -0.476 e. The molecule has 1 rings (SSSR count). The Hall–Kier alpha value is -2.29.